The number of para-hydroxylation sites is 1. The third-order valence-corrected chi connectivity index (χ3v) is 3.21. The number of nitrogens with zero attached hydrogens (tertiary/aromatic N) is 2. The molecule has 7 heteroatoms. The molecular weight excluding hydrogens is 286 g/mol. The lowest BCUT2D eigenvalue weighted by molar-refractivity contribution is -0.385. The molecule has 0 atom stereocenters. The summed E-state index contributed by atoms with van der Waals surface area (Å²) in [7, 11) is 0. The summed E-state index contributed by atoms with van der Waals surface area (Å²) < 4.78 is 5.57. The van der Waals surface area contributed by atoms with E-state index in [0.29, 0.717) is 16.3 Å². The number of aromatic nitrogens is 2. The molecule has 110 valence electrons. The number of hydrogen-bond acceptors (Lipinski definition) is 5. The fraction of sp³-hybridized carbons (Fsp3) is 0.0667. The highest BCUT2D eigenvalue weighted by Gasteiger charge is 2.14. The minimum absolute atomic E-state index is 0.0137. The van der Waals surface area contributed by atoms with Crippen molar-refractivity contribution in [1.29, 1.82) is 0 Å². The number of nitro groups is 1. The van der Waals surface area contributed by atoms with Crippen LogP contribution in [0, 0.1) is 10.1 Å². The van der Waals surface area contributed by atoms with Crippen molar-refractivity contribution in [1.82, 2.24) is 10.2 Å². The van der Waals surface area contributed by atoms with Gasteiger partial charge in [0, 0.05) is 6.07 Å². The van der Waals surface area contributed by atoms with Crippen molar-refractivity contribution in [3.63, 3.8) is 0 Å². The van der Waals surface area contributed by atoms with Crippen molar-refractivity contribution >= 4 is 16.5 Å². The summed E-state index contributed by atoms with van der Waals surface area (Å²) in [6, 6.07) is 13.2. The lowest BCUT2D eigenvalue weighted by atomic mass is 10.2. The van der Waals surface area contributed by atoms with Gasteiger partial charge in [0.1, 0.15) is 6.61 Å². The summed E-state index contributed by atoms with van der Waals surface area (Å²) in [5, 5.41) is 18.2. The molecule has 0 saturated carbocycles. The van der Waals surface area contributed by atoms with Gasteiger partial charge in [-0.2, -0.15) is 0 Å². The van der Waals surface area contributed by atoms with E-state index in [1.165, 1.54) is 6.07 Å². The van der Waals surface area contributed by atoms with Crippen molar-refractivity contribution in [2.75, 3.05) is 0 Å². The van der Waals surface area contributed by atoms with Crippen LogP contribution in [-0.4, -0.2) is 15.1 Å². The lowest BCUT2D eigenvalue weighted by Gasteiger charge is -2.07. The molecule has 3 aromatic rings. The van der Waals surface area contributed by atoms with Crippen LogP contribution in [0.4, 0.5) is 5.69 Å². The summed E-state index contributed by atoms with van der Waals surface area (Å²) in [4.78, 5) is 22.2. The number of benzene rings is 2. The van der Waals surface area contributed by atoms with E-state index in [4.69, 9.17) is 4.74 Å². The fourth-order valence-corrected chi connectivity index (χ4v) is 2.16. The van der Waals surface area contributed by atoms with Crippen molar-refractivity contribution in [3.05, 3.63) is 74.6 Å². The Hall–Kier alpha value is -3.22. The van der Waals surface area contributed by atoms with E-state index in [0.717, 1.165) is 0 Å². The molecule has 0 unspecified atom stereocenters. The van der Waals surface area contributed by atoms with E-state index in [2.05, 4.69) is 10.2 Å². The van der Waals surface area contributed by atoms with E-state index < -0.39 is 4.92 Å². The first-order chi connectivity index (χ1) is 10.7. The predicted octanol–water partition coefficient (Wildman–Crippen LogP) is 2.41. The number of hydrogen-bond donors (Lipinski definition) is 1. The second-order valence-corrected chi connectivity index (χ2v) is 4.58. The molecule has 1 N–H and O–H groups in total. The third kappa shape index (κ3) is 2.51. The Morgan fingerprint density at radius 1 is 1.09 bits per heavy atom. The average Bonchev–Trinajstić information content (AvgIpc) is 2.55. The van der Waals surface area contributed by atoms with Crippen LogP contribution >= 0.6 is 0 Å². The van der Waals surface area contributed by atoms with Gasteiger partial charge in [0.05, 0.1) is 21.3 Å². The molecule has 0 fully saturated rings. The minimum atomic E-state index is -0.461. The van der Waals surface area contributed by atoms with Gasteiger partial charge in [0.25, 0.3) is 11.2 Å². The maximum atomic E-state index is 11.7. The van der Waals surface area contributed by atoms with Gasteiger partial charge in [-0.05, 0) is 18.2 Å². The van der Waals surface area contributed by atoms with Crippen LogP contribution in [0.2, 0.25) is 0 Å². The Kier molecular flexibility index (Phi) is 3.53. The summed E-state index contributed by atoms with van der Waals surface area (Å²) >= 11 is 0. The molecule has 0 aliphatic rings. The Bertz CT molecular complexity index is 904. The third-order valence-electron chi connectivity index (χ3n) is 3.21. The summed E-state index contributed by atoms with van der Waals surface area (Å²) in [5.41, 5.74) is 0.106. The Balaban J connectivity index is 1.94. The summed E-state index contributed by atoms with van der Waals surface area (Å²) in [6.07, 6.45) is 0. The number of nitro benzene ring substituents is 1. The molecular formula is C15H11N3O4. The van der Waals surface area contributed by atoms with Crippen LogP contribution in [0.1, 0.15) is 5.56 Å². The smallest absolute Gasteiger partial charge is 0.276 e. The predicted molar refractivity (Wildman–Crippen MR) is 79.8 cm³/mol. The van der Waals surface area contributed by atoms with Gasteiger partial charge >= 0.3 is 0 Å². The average molecular weight is 297 g/mol. The van der Waals surface area contributed by atoms with Crippen molar-refractivity contribution in [2.45, 2.75) is 6.61 Å². The van der Waals surface area contributed by atoms with Crippen LogP contribution in [0.3, 0.4) is 0 Å². The highest BCUT2D eigenvalue weighted by molar-refractivity contribution is 5.85. The number of fused-ring (bicyclic) bond motifs is 1. The molecule has 3 rings (SSSR count). The highest BCUT2D eigenvalue weighted by atomic mass is 16.6. The first-order valence-electron chi connectivity index (χ1n) is 6.49. The normalized spacial score (nSPS) is 10.5. The number of ether oxygens (including phenoxy) is 1. The second-order valence-electron chi connectivity index (χ2n) is 4.58. The monoisotopic (exact) mass is 297 g/mol. The summed E-state index contributed by atoms with van der Waals surface area (Å²) in [5.74, 6) is 0.230. The van der Waals surface area contributed by atoms with E-state index in [9.17, 15) is 14.9 Å². The van der Waals surface area contributed by atoms with Gasteiger partial charge in [0.2, 0.25) is 5.88 Å². The van der Waals surface area contributed by atoms with Gasteiger partial charge in [0.15, 0.2) is 0 Å². The number of aromatic amines is 1. The van der Waals surface area contributed by atoms with Crippen molar-refractivity contribution < 1.29 is 9.66 Å². The molecule has 0 saturated heterocycles. The Morgan fingerprint density at radius 3 is 2.55 bits per heavy atom. The van der Waals surface area contributed by atoms with Crippen LogP contribution in [0.25, 0.3) is 10.8 Å². The summed E-state index contributed by atoms with van der Waals surface area (Å²) in [6.45, 7) is -0.0137. The first kappa shape index (κ1) is 13.7. The second kappa shape index (κ2) is 5.65. The van der Waals surface area contributed by atoms with Gasteiger partial charge in [-0.25, -0.2) is 5.10 Å². The zero-order valence-electron chi connectivity index (χ0n) is 11.4. The zero-order chi connectivity index (χ0) is 15.5. The van der Waals surface area contributed by atoms with E-state index in [1.54, 1.807) is 42.5 Å². The molecule has 1 heterocycles. The molecule has 0 bridgehead atoms. The largest absolute Gasteiger partial charge is 0.471 e. The highest BCUT2D eigenvalue weighted by Crippen LogP contribution is 2.23. The molecule has 0 aliphatic heterocycles. The van der Waals surface area contributed by atoms with Gasteiger partial charge in [-0.3, -0.25) is 14.9 Å². The van der Waals surface area contributed by atoms with Crippen molar-refractivity contribution in [2.24, 2.45) is 0 Å². The molecule has 0 spiro atoms. The van der Waals surface area contributed by atoms with Crippen LogP contribution in [0.5, 0.6) is 5.88 Å². The van der Waals surface area contributed by atoms with Crippen molar-refractivity contribution in [3.8, 4) is 5.88 Å². The van der Waals surface area contributed by atoms with Gasteiger partial charge in [-0.15, -0.1) is 5.10 Å². The van der Waals surface area contributed by atoms with Crippen LogP contribution in [0.15, 0.2) is 53.3 Å². The molecule has 0 amide bonds. The zero-order valence-corrected chi connectivity index (χ0v) is 11.4. The SMILES string of the molecule is O=c1[nH]nc(OCc2ccccc2[N+](=O)[O-])c2ccccc12. The maximum Gasteiger partial charge on any atom is 0.276 e. The molecule has 0 radical (unpaired) electrons. The van der Waals surface area contributed by atoms with Gasteiger partial charge in [-0.1, -0.05) is 24.3 Å². The van der Waals surface area contributed by atoms with E-state index >= 15 is 0 Å². The molecule has 0 aliphatic carbocycles. The molecule has 22 heavy (non-hydrogen) atoms. The minimum Gasteiger partial charge on any atom is -0.471 e. The van der Waals surface area contributed by atoms with Crippen LogP contribution in [-0.2, 0) is 6.61 Å². The molecule has 7 nitrogen and oxygen atoms in total. The number of H-pyrrole nitrogens is 1. The Morgan fingerprint density at radius 2 is 1.77 bits per heavy atom. The standard InChI is InChI=1S/C15H11N3O4/c19-14-11-6-2-3-7-12(11)15(17-16-14)22-9-10-5-1-4-8-13(10)18(20)21/h1-8H,9H2,(H,16,19). The molecule has 2 aromatic carbocycles. The fourth-order valence-electron chi connectivity index (χ4n) is 2.16. The topological polar surface area (TPSA) is 98.1 Å². The van der Waals surface area contributed by atoms with Crippen LogP contribution < -0.4 is 10.3 Å². The first-order valence-corrected chi connectivity index (χ1v) is 6.49. The van der Waals surface area contributed by atoms with E-state index in [-0.39, 0.29) is 23.7 Å². The Labute approximate surface area is 124 Å². The molecule has 1 aromatic heterocycles. The van der Waals surface area contributed by atoms with E-state index in [1.807, 2.05) is 0 Å². The number of nitrogens with one attached hydrogen (secondary N) is 1. The quantitative estimate of drug-likeness (QED) is 0.589. The maximum absolute atomic E-state index is 11.7. The van der Waals surface area contributed by atoms with Gasteiger partial charge < -0.3 is 4.74 Å². The number of rotatable bonds is 4. The lowest BCUT2D eigenvalue weighted by Crippen LogP contribution is -2.10.